The minimum Gasteiger partial charge on any atom is -0.469 e. The van der Waals surface area contributed by atoms with Crippen LogP contribution in [0.4, 0.5) is 0 Å². The van der Waals surface area contributed by atoms with Crippen LogP contribution in [0.3, 0.4) is 0 Å². The number of methoxy groups -OCH3 is 1. The van der Waals surface area contributed by atoms with Gasteiger partial charge in [-0.1, -0.05) is 20.8 Å². The first-order chi connectivity index (χ1) is 15.8. The number of rotatable bonds is 6. The lowest BCUT2D eigenvalue weighted by Crippen LogP contribution is -2.65. The van der Waals surface area contributed by atoms with Gasteiger partial charge in [0.1, 0.15) is 0 Å². The van der Waals surface area contributed by atoms with Crippen LogP contribution in [0.1, 0.15) is 78.6 Å². The molecule has 2 unspecified atom stereocenters. The van der Waals surface area contributed by atoms with Crippen molar-refractivity contribution in [3.63, 3.8) is 0 Å². The van der Waals surface area contributed by atoms with Gasteiger partial charge >= 0.3 is 16.3 Å². The molecular formula is C25H43NO7S. The fourth-order valence-corrected chi connectivity index (χ4v) is 9.77. The molecule has 0 amide bonds. The summed E-state index contributed by atoms with van der Waals surface area (Å²) < 4.78 is 41.0. The lowest BCUT2D eigenvalue weighted by Gasteiger charge is -2.64. The highest BCUT2D eigenvalue weighted by molar-refractivity contribution is 7.83. The highest BCUT2D eigenvalue weighted by atomic mass is 32.2. The molecule has 0 aromatic heterocycles. The van der Waals surface area contributed by atoms with Crippen LogP contribution < -0.4 is 4.72 Å². The van der Waals surface area contributed by atoms with Gasteiger partial charge in [0.15, 0.2) is 0 Å². The average molecular weight is 502 g/mol. The van der Waals surface area contributed by atoms with Crippen molar-refractivity contribution >= 4 is 16.3 Å². The molecule has 0 aromatic carbocycles. The van der Waals surface area contributed by atoms with Gasteiger partial charge in [-0.2, -0.15) is 13.1 Å². The lowest BCUT2D eigenvalue weighted by molar-refractivity contribution is -0.182. The van der Waals surface area contributed by atoms with Crippen molar-refractivity contribution in [1.82, 2.24) is 4.72 Å². The number of esters is 1. The monoisotopic (exact) mass is 501 g/mol. The maximum atomic E-state index is 12.0. The van der Waals surface area contributed by atoms with Gasteiger partial charge in [-0.05, 0) is 97.7 Å². The Morgan fingerprint density at radius 3 is 2.47 bits per heavy atom. The van der Waals surface area contributed by atoms with Crippen LogP contribution >= 0.6 is 0 Å². The van der Waals surface area contributed by atoms with Crippen molar-refractivity contribution in [1.29, 1.82) is 0 Å². The Kier molecular flexibility index (Phi) is 7.19. The SMILES string of the molecule is COC(=O)CC[C@@H](C)[C@H]1CC[C@H]2C3[C@H](NS(=O)(=O)O)C[C@@H]4C[C@H](O)CC[C@]4(C)[C@H]3C[C@H](O)C12C. The van der Waals surface area contributed by atoms with E-state index in [0.717, 1.165) is 25.7 Å². The van der Waals surface area contributed by atoms with Crippen molar-refractivity contribution in [3.8, 4) is 0 Å². The van der Waals surface area contributed by atoms with E-state index in [2.05, 4.69) is 25.5 Å². The predicted molar refractivity (Wildman–Crippen MR) is 127 cm³/mol. The van der Waals surface area contributed by atoms with E-state index in [1.807, 2.05) is 0 Å². The van der Waals surface area contributed by atoms with E-state index in [-0.39, 0.29) is 58.4 Å². The van der Waals surface area contributed by atoms with Gasteiger partial charge < -0.3 is 14.9 Å². The quantitative estimate of drug-likeness (QED) is 0.325. The molecule has 4 aliphatic rings. The van der Waals surface area contributed by atoms with E-state index in [1.165, 1.54) is 7.11 Å². The largest absolute Gasteiger partial charge is 0.469 e. The van der Waals surface area contributed by atoms with Gasteiger partial charge in [0.2, 0.25) is 0 Å². The molecule has 0 radical (unpaired) electrons. The third-order valence-corrected chi connectivity index (χ3v) is 11.5. The standard InChI is InChI=1S/C25H43NO7S/c1-14(5-8-22(29)33-4)17-6-7-18-23-19(13-21(28)25(17,18)3)24(2)10-9-16(27)11-15(24)12-20(23)26-34(30,31)32/h14-21,23,26-28H,5-13H2,1-4H3,(H,30,31,32)/t14-,15+,16-,17-,18+,19+,20-,21+,23?,24+,25?/m1/s1. The summed E-state index contributed by atoms with van der Waals surface area (Å²) >= 11 is 0. The number of nitrogens with one attached hydrogen (secondary N) is 1. The summed E-state index contributed by atoms with van der Waals surface area (Å²) in [6.07, 6.45) is 5.42. The average Bonchev–Trinajstić information content (AvgIpc) is 3.11. The van der Waals surface area contributed by atoms with E-state index < -0.39 is 22.4 Å². The number of aliphatic hydroxyl groups excluding tert-OH is 2. The van der Waals surface area contributed by atoms with Crippen LogP contribution in [0.15, 0.2) is 0 Å². The summed E-state index contributed by atoms with van der Waals surface area (Å²) in [4.78, 5) is 11.7. The Labute approximate surface area is 204 Å². The molecule has 0 bridgehead atoms. The maximum Gasteiger partial charge on any atom is 0.333 e. The maximum absolute atomic E-state index is 12.0. The molecule has 0 heterocycles. The Hall–Kier alpha value is -0.740. The summed E-state index contributed by atoms with van der Waals surface area (Å²) in [6.45, 7) is 6.58. The first-order valence-corrected chi connectivity index (χ1v) is 14.4. The van der Waals surface area contributed by atoms with Crippen molar-refractivity contribution < 1.29 is 32.7 Å². The molecule has 8 nitrogen and oxygen atoms in total. The van der Waals surface area contributed by atoms with Gasteiger partial charge in [-0.3, -0.25) is 9.35 Å². The van der Waals surface area contributed by atoms with Crippen molar-refractivity contribution in [2.24, 2.45) is 46.3 Å². The van der Waals surface area contributed by atoms with E-state index in [9.17, 15) is 28.0 Å². The highest BCUT2D eigenvalue weighted by Crippen LogP contribution is 2.68. The molecule has 196 valence electrons. The first kappa shape index (κ1) is 26.3. The fraction of sp³-hybridized carbons (Fsp3) is 0.960. The molecule has 4 fully saturated rings. The minimum atomic E-state index is -4.38. The molecule has 34 heavy (non-hydrogen) atoms. The number of fused-ring (bicyclic) bond motifs is 5. The molecular weight excluding hydrogens is 458 g/mol. The molecule has 11 atom stereocenters. The smallest absolute Gasteiger partial charge is 0.333 e. The number of hydrogen-bond acceptors (Lipinski definition) is 6. The Morgan fingerprint density at radius 2 is 1.82 bits per heavy atom. The molecule has 0 saturated heterocycles. The molecule has 4 N–H and O–H groups in total. The lowest BCUT2D eigenvalue weighted by atomic mass is 9.42. The second-order valence-corrected chi connectivity index (χ2v) is 13.4. The Balaban J connectivity index is 1.66. The zero-order valence-electron chi connectivity index (χ0n) is 20.9. The van der Waals surface area contributed by atoms with Gasteiger partial charge in [-0.25, -0.2) is 0 Å². The third kappa shape index (κ3) is 4.44. The third-order valence-electron chi connectivity index (χ3n) is 10.9. The summed E-state index contributed by atoms with van der Waals surface area (Å²) in [5.41, 5.74) is -0.453. The van der Waals surface area contributed by atoms with Crippen molar-refractivity contribution in [3.05, 3.63) is 0 Å². The highest BCUT2D eigenvalue weighted by Gasteiger charge is 2.66. The molecule has 4 aliphatic carbocycles. The number of hydrogen-bond donors (Lipinski definition) is 4. The first-order valence-electron chi connectivity index (χ1n) is 13.0. The topological polar surface area (TPSA) is 133 Å². The molecule has 4 rings (SSSR count). The predicted octanol–water partition coefficient (Wildman–Crippen LogP) is 2.94. The number of carbonyl (C=O) groups excluding carboxylic acids is 1. The van der Waals surface area contributed by atoms with Gasteiger partial charge in [0.25, 0.3) is 0 Å². The van der Waals surface area contributed by atoms with Crippen molar-refractivity contribution in [2.75, 3.05) is 7.11 Å². The van der Waals surface area contributed by atoms with Crippen LogP contribution in [0.25, 0.3) is 0 Å². The second kappa shape index (κ2) is 9.29. The normalized spacial score (nSPS) is 47.3. The van der Waals surface area contributed by atoms with Crippen molar-refractivity contribution in [2.45, 2.75) is 96.8 Å². The van der Waals surface area contributed by atoms with Crippen LogP contribution in [0, 0.1) is 46.3 Å². The molecule has 0 aromatic rings. The van der Waals surface area contributed by atoms with Gasteiger partial charge in [0.05, 0.1) is 19.3 Å². The van der Waals surface area contributed by atoms with Gasteiger partial charge in [-0.15, -0.1) is 0 Å². The van der Waals surface area contributed by atoms with E-state index >= 15 is 0 Å². The Bertz CT molecular complexity index is 880. The van der Waals surface area contributed by atoms with Crippen LogP contribution in [0.2, 0.25) is 0 Å². The van der Waals surface area contributed by atoms with Gasteiger partial charge in [0, 0.05) is 12.5 Å². The Morgan fingerprint density at radius 1 is 1.12 bits per heavy atom. The second-order valence-electron chi connectivity index (χ2n) is 12.2. The number of aliphatic hydroxyl groups is 2. The van der Waals surface area contributed by atoms with Crippen LogP contribution in [0.5, 0.6) is 0 Å². The number of ether oxygens (including phenoxy) is 1. The van der Waals surface area contributed by atoms with E-state index in [0.29, 0.717) is 32.1 Å². The summed E-state index contributed by atoms with van der Waals surface area (Å²) in [5, 5.41) is 22.0. The van der Waals surface area contributed by atoms with E-state index in [1.54, 1.807) is 0 Å². The van der Waals surface area contributed by atoms with Crippen LogP contribution in [-0.2, 0) is 19.8 Å². The minimum absolute atomic E-state index is 0.0182. The van der Waals surface area contributed by atoms with Crippen LogP contribution in [-0.4, -0.2) is 54.5 Å². The molecule has 0 aliphatic heterocycles. The van der Waals surface area contributed by atoms with E-state index in [4.69, 9.17) is 4.74 Å². The molecule has 0 spiro atoms. The zero-order chi connectivity index (χ0) is 25.1. The molecule has 9 heteroatoms. The summed E-state index contributed by atoms with van der Waals surface area (Å²) in [6, 6.07) is -0.413. The summed E-state index contributed by atoms with van der Waals surface area (Å²) in [7, 11) is -2.99. The summed E-state index contributed by atoms with van der Waals surface area (Å²) in [5.74, 6) is 0.632. The number of carbonyl (C=O) groups is 1. The molecule has 4 saturated carbocycles. The zero-order valence-corrected chi connectivity index (χ0v) is 21.8. The fourth-order valence-electron chi connectivity index (χ4n) is 9.14.